The van der Waals surface area contributed by atoms with Gasteiger partial charge in [0.05, 0.1) is 35.3 Å². The molecule has 3 heterocycles. The van der Waals surface area contributed by atoms with E-state index in [4.69, 9.17) is 4.74 Å². The lowest BCUT2D eigenvalue weighted by molar-refractivity contribution is 0.122. The third-order valence-electron chi connectivity index (χ3n) is 5.09. The number of nitrogens with zero attached hydrogens (tertiary/aromatic N) is 4. The molecule has 5 rings (SSSR count). The first-order valence-electron chi connectivity index (χ1n) is 9.54. The van der Waals surface area contributed by atoms with Crippen LogP contribution in [0.1, 0.15) is 5.69 Å². The number of fused-ring (bicyclic) bond motifs is 2. The predicted molar refractivity (Wildman–Crippen MR) is 113 cm³/mol. The van der Waals surface area contributed by atoms with E-state index in [2.05, 4.69) is 42.3 Å². The van der Waals surface area contributed by atoms with Crippen LogP contribution in [0.25, 0.3) is 21.8 Å². The molecule has 146 valence electrons. The Morgan fingerprint density at radius 2 is 1.79 bits per heavy atom. The maximum atomic E-state index is 12.3. The number of hydrogen-bond acceptors (Lipinski definition) is 7. The van der Waals surface area contributed by atoms with Crippen LogP contribution in [0.2, 0.25) is 0 Å². The Morgan fingerprint density at radius 3 is 2.66 bits per heavy atom. The third kappa shape index (κ3) is 3.38. The van der Waals surface area contributed by atoms with Crippen LogP contribution in [-0.2, 0) is 4.74 Å². The number of ether oxygens (including phenoxy) is 1. The number of aryl methyl sites for hydroxylation is 1. The lowest BCUT2D eigenvalue weighted by Crippen LogP contribution is -2.36. The van der Waals surface area contributed by atoms with E-state index in [1.54, 1.807) is 12.1 Å². The summed E-state index contributed by atoms with van der Waals surface area (Å²) in [6, 6.07) is 13.4. The van der Waals surface area contributed by atoms with E-state index in [9.17, 15) is 4.79 Å². The number of hydrogen-bond donors (Lipinski definition) is 2. The first kappa shape index (κ1) is 17.6. The third-order valence-corrected chi connectivity index (χ3v) is 5.09. The summed E-state index contributed by atoms with van der Waals surface area (Å²) in [7, 11) is 0. The van der Waals surface area contributed by atoms with Gasteiger partial charge in [0, 0.05) is 24.2 Å². The number of aromatic nitrogens is 4. The molecule has 1 aliphatic rings. The topological polar surface area (TPSA) is 96.0 Å². The fraction of sp³-hybridized carbons (Fsp3) is 0.238. The van der Waals surface area contributed by atoms with Crippen molar-refractivity contribution < 1.29 is 4.74 Å². The van der Waals surface area contributed by atoms with Gasteiger partial charge in [-0.25, -0.2) is 15.0 Å². The standard InChI is InChI=1S/C21H20N6O2/c1-13-16-12-14(27-8-10-29-11-9-27)6-7-18(16)24-20(22-13)26-21-23-17-5-3-2-4-15(17)19(28)25-21/h2-7,12H,8-11H2,1H3,(H2,22,23,24,25,26,28). The molecule has 0 spiro atoms. The molecule has 0 aliphatic carbocycles. The molecule has 2 aromatic carbocycles. The summed E-state index contributed by atoms with van der Waals surface area (Å²) in [5, 5.41) is 4.58. The Labute approximate surface area is 166 Å². The van der Waals surface area contributed by atoms with E-state index in [-0.39, 0.29) is 5.56 Å². The summed E-state index contributed by atoms with van der Waals surface area (Å²) in [6.45, 7) is 5.20. The molecule has 0 amide bonds. The van der Waals surface area contributed by atoms with Crippen LogP contribution in [0.5, 0.6) is 0 Å². The van der Waals surface area contributed by atoms with E-state index in [1.165, 1.54) is 0 Å². The van der Waals surface area contributed by atoms with E-state index >= 15 is 0 Å². The highest BCUT2D eigenvalue weighted by Crippen LogP contribution is 2.25. The Hall–Kier alpha value is -3.52. The molecule has 8 heteroatoms. The van der Waals surface area contributed by atoms with E-state index in [0.717, 1.165) is 48.6 Å². The second-order valence-electron chi connectivity index (χ2n) is 6.99. The molecule has 2 aromatic heterocycles. The SMILES string of the molecule is Cc1nc(Nc2nc3ccccc3c(=O)[nH]2)nc2ccc(N3CCOCC3)cc12. The molecule has 1 saturated heterocycles. The normalized spacial score (nSPS) is 14.4. The van der Waals surface area contributed by atoms with Gasteiger partial charge in [0.1, 0.15) is 0 Å². The van der Waals surface area contributed by atoms with Crippen molar-refractivity contribution in [1.29, 1.82) is 0 Å². The lowest BCUT2D eigenvalue weighted by Gasteiger charge is -2.29. The summed E-state index contributed by atoms with van der Waals surface area (Å²) in [5.41, 5.74) is 3.25. The van der Waals surface area contributed by atoms with Gasteiger partial charge < -0.3 is 9.64 Å². The quantitative estimate of drug-likeness (QED) is 0.557. The summed E-state index contributed by atoms with van der Waals surface area (Å²) >= 11 is 0. The molecule has 0 radical (unpaired) electrons. The zero-order valence-electron chi connectivity index (χ0n) is 16.0. The van der Waals surface area contributed by atoms with Gasteiger partial charge in [-0.3, -0.25) is 15.1 Å². The molecule has 1 aliphatic heterocycles. The van der Waals surface area contributed by atoms with Crippen molar-refractivity contribution >= 4 is 39.4 Å². The van der Waals surface area contributed by atoms with Gasteiger partial charge in [-0.1, -0.05) is 12.1 Å². The van der Waals surface area contributed by atoms with Gasteiger partial charge >= 0.3 is 0 Å². The van der Waals surface area contributed by atoms with Crippen LogP contribution < -0.4 is 15.8 Å². The van der Waals surface area contributed by atoms with Gasteiger partial charge in [0.25, 0.3) is 5.56 Å². The Kier molecular flexibility index (Phi) is 4.33. The van der Waals surface area contributed by atoms with Crippen molar-refractivity contribution in [2.45, 2.75) is 6.92 Å². The number of morpholine rings is 1. The molecule has 1 fully saturated rings. The maximum Gasteiger partial charge on any atom is 0.260 e. The smallest absolute Gasteiger partial charge is 0.260 e. The molecule has 0 atom stereocenters. The molecule has 8 nitrogen and oxygen atoms in total. The number of nitrogens with one attached hydrogen (secondary N) is 2. The molecule has 0 unspecified atom stereocenters. The zero-order chi connectivity index (χ0) is 19.8. The fourth-order valence-electron chi connectivity index (χ4n) is 3.60. The highest BCUT2D eigenvalue weighted by atomic mass is 16.5. The Bertz CT molecular complexity index is 1260. The van der Waals surface area contributed by atoms with Crippen molar-refractivity contribution in [3.05, 3.63) is 58.5 Å². The second-order valence-corrected chi connectivity index (χ2v) is 6.99. The van der Waals surface area contributed by atoms with Gasteiger partial charge in [-0.2, -0.15) is 0 Å². The highest BCUT2D eigenvalue weighted by molar-refractivity contribution is 5.86. The fourth-order valence-corrected chi connectivity index (χ4v) is 3.60. The van der Waals surface area contributed by atoms with Crippen molar-refractivity contribution in [2.75, 3.05) is 36.5 Å². The first-order valence-corrected chi connectivity index (χ1v) is 9.54. The van der Waals surface area contributed by atoms with Gasteiger partial charge in [0.15, 0.2) is 0 Å². The predicted octanol–water partition coefficient (Wildman–Crippen LogP) is 2.75. The zero-order valence-corrected chi connectivity index (χ0v) is 16.0. The summed E-state index contributed by atoms with van der Waals surface area (Å²) in [5.74, 6) is 0.713. The van der Waals surface area contributed by atoms with E-state index < -0.39 is 0 Å². The van der Waals surface area contributed by atoms with Crippen molar-refractivity contribution in [2.24, 2.45) is 0 Å². The first-order chi connectivity index (χ1) is 14.2. The van der Waals surface area contributed by atoms with E-state index in [0.29, 0.717) is 22.8 Å². The van der Waals surface area contributed by atoms with Crippen LogP contribution in [0, 0.1) is 6.92 Å². The second kappa shape index (κ2) is 7.14. The van der Waals surface area contributed by atoms with Crippen molar-refractivity contribution in [3.63, 3.8) is 0 Å². The minimum Gasteiger partial charge on any atom is -0.378 e. The monoisotopic (exact) mass is 388 g/mol. The number of benzene rings is 2. The van der Waals surface area contributed by atoms with Crippen LogP contribution in [-0.4, -0.2) is 46.2 Å². The van der Waals surface area contributed by atoms with E-state index in [1.807, 2.05) is 25.1 Å². The van der Waals surface area contributed by atoms with Gasteiger partial charge in [-0.15, -0.1) is 0 Å². The average Bonchev–Trinajstić information content (AvgIpc) is 2.74. The Balaban J connectivity index is 1.49. The molecular weight excluding hydrogens is 368 g/mol. The highest BCUT2D eigenvalue weighted by Gasteiger charge is 2.13. The molecular formula is C21H20N6O2. The number of H-pyrrole nitrogens is 1. The largest absolute Gasteiger partial charge is 0.378 e. The number of aromatic amines is 1. The average molecular weight is 388 g/mol. The van der Waals surface area contributed by atoms with Gasteiger partial charge in [0.2, 0.25) is 11.9 Å². The van der Waals surface area contributed by atoms with Crippen LogP contribution >= 0.6 is 0 Å². The number of anilines is 3. The summed E-state index contributed by atoms with van der Waals surface area (Å²) in [4.78, 5) is 30.9. The van der Waals surface area contributed by atoms with Crippen molar-refractivity contribution in [3.8, 4) is 0 Å². The minimum absolute atomic E-state index is 0.203. The summed E-state index contributed by atoms with van der Waals surface area (Å²) < 4.78 is 5.43. The summed E-state index contributed by atoms with van der Waals surface area (Å²) in [6.07, 6.45) is 0. The lowest BCUT2D eigenvalue weighted by atomic mass is 10.1. The van der Waals surface area contributed by atoms with Crippen molar-refractivity contribution in [1.82, 2.24) is 19.9 Å². The van der Waals surface area contributed by atoms with Gasteiger partial charge in [-0.05, 0) is 37.3 Å². The number of para-hydroxylation sites is 1. The van der Waals surface area contributed by atoms with Crippen LogP contribution in [0.4, 0.5) is 17.6 Å². The Morgan fingerprint density at radius 1 is 1.00 bits per heavy atom. The van der Waals surface area contributed by atoms with Crippen LogP contribution in [0.3, 0.4) is 0 Å². The molecule has 0 saturated carbocycles. The molecule has 0 bridgehead atoms. The minimum atomic E-state index is -0.203. The molecule has 29 heavy (non-hydrogen) atoms. The maximum absolute atomic E-state index is 12.3. The van der Waals surface area contributed by atoms with Crippen LogP contribution in [0.15, 0.2) is 47.3 Å². The number of rotatable bonds is 3. The molecule has 4 aromatic rings. The molecule has 2 N–H and O–H groups in total.